The highest BCUT2D eigenvalue weighted by Gasteiger charge is 2.32. The van der Waals surface area contributed by atoms with Crippen LogP contribution in [-0.4, -0.2) is 0 Å². The zero-order chi connectivity index (χ0) is 20.2. The van der Waals surface area contributed by atoms with Crippen LogP contribution in [0.25, 0.3) is 0 Å². The minimum Gasteiger partial charge on any atom is -0.0613 e. The smallest absolute Gasteiger partial charge is 0.0157 e. The van der Waals surface area contributed by atoms with Crippen molar-refractivity contribution in [1.29, 1.82) is 0 Å². The summed E-state index contributed by atoms with van der Waals surface area (Å²) in [6.07, 6.45) is 6.66. The van der Waals surface area contributed by atoms with Crippen molar-refractivity contribution < 1.29 is 0 Å². The van der Waals surface area contributed by atoms with Crippen molar-refractivity contribution in [3.8, 4) is 0 Å². The Morgan fingerprint density at radius 2 is 0.741 bits per heavy atom. The predicted molar refractivity (Wildman–Crippen MR) is 121 cm³/mol. The van der Waals surface area contributed by atoms with Crippen molar-refractivity contribution in [2.24, 2.45) is 0 Å². The molecule has 0 amide bonds. The molecule has 0 N–H and O–H groups in total. The third-order valence-corrected chi connectivity index (χ3v) is 6.31. The lowest BCUT2D eigenvalue weighted by atomic mass is 9.68. The lowest BCUT2D eigenvalue weighted by molar-refractivity contribution is 0.607. The van der Waals surface area contributed by atoms with Crippen LogP contribution in [0.3, 0.4) is 0 Å². The molecule has 0 saturated heterocycles. The molecular weight excluding hydrogens is 324 g/mol. The second-order valence-electron chi connectivity index (χ2n) is 8.32. The molecule has 27 heavy (non-hydrogen) atoms. The van der Waals surface area contributed by atoms with Crippen molar-refractivity contribution in [2.75, 3.05) is 0 Å². The van der Waals surface area contributed by atoms with Crippen molar-refractivity contribution in [3.63, 3.8) is 0 Å². The predicted octanol–water partition coefficient (Wildman–Crippen LogP) is 7.39. The van der Waals surface area contributed by atoms with E-state index in [2.05, 4.69) is 79.7 Å². The summed E-state index contributed by atoms with van der Waals surface area (Å²) in [5, 5.41) is 0. The molecule has 0 heteroatoms. The molecule has 0 aliphatic carbocycles. The molecule has 0 fully saturated rings. The van der Waals surface area contributed by atoms with Crippen LogP contribution in [-0.2, 0) is 43.9 Å². The maximum atomic E-state index is 2.47. The molecule has 0 heterocycles. The van der Waals surface area contributed by atoms with Gasteiger partial charge in [-0.05, 0) is 83.0 Å². The molecule has 0 aromatic heterocycles. The van der Waals surface area contributed by atoms with Gasteiger partial charge in [-0.15, -0.1) is 0 Å². The van der Waals surface area contributed by atoms with Gasteiger partial charge in [0.15, 0.2) is 0 Å². The van der Waals surface area contributed by atoms with Crippen molar-refractivity contribution in [3.05, 3.63) is 68.8 Å². The van der Waals surface area contributed by atoms with Gasteiger partial charge in [0.1, 0.15) is 0 Å². The van der Waals surface area contributed by atoms with E-state index in [1.165, 1.54) is 11.1 Å². The minimum atomic E-state index is 0.0336. The first-order valence-corrected chi connectivity index (χ1v) is 11.2. The lowest BCUT2D eigenvalue weighted by Gasteiger charge is -2.35. The molecular formula is C27H40. The Labute approximate surface area is 168 Å². The van der Waals surface area contributed by atoms with E-state index in [1.807, 2.05) is 0 Å². The maximum Gasteiger partial charge on any atom is 0.0157 e. The van der Waals surface area contributed by atoms with E-state index in [9.17, 15) is 0 Å². The molecule has 0 radical (unpaired) electrons. The largest absolute Gasteiger partial charge is 0.0613 e. The monoisotopic (exact) mass is 364 g/mol. The Hall–Kier alpha value is -1.56. The van der Waals surface area contributed by atoms with E-state index in [0.29, 0.717) is 0 Å². The summed E-state index contributed by atoms with van der Waals surface area (Å²) in [6.45, 7) is 18.7. The van der Waals surface area contributed by atoms with Gasteiger partial charge in [-0.3, -0.25) is 0 Å². The van der Waals surface area contributed by atoms with Crippen molar-refractivity contribution in [2.45, 2.75) is 99.3 Å². The molecule has 0 saturated carbocycles. The van der Waals surface area contributed by atoms with Gasteiger partial charge in [0.2, 0.25) is 0 Å². The number of aryl methyl sites for hydroxylation is 6. The maximum absolute atomic E-state index is 2.47. The first-order chi connectivity index (χ1) is 12.9. The van der Waals surface area contributed by atoms with Crippen molar-refractivity contribution in [1.82, 2.24) is 0 Å². The molecule has 0 unspecified atom stereocenters. The first kappa shape index (κ1) is 21.7. The fourth-order valence-electron chi connectivity index (χ4n) is 4.93. The Kier molecular flexibility index (Phi) is 7.32. The normalized spacial score (nSPS) is 11.9. The van der Waals surface area contributed by atoms with Crippen LogP contribution in [0.4, 0.5) is 0 Å². The molecule has 2 rings (SSSR count). The van der Waals surface area contributed by atoms with Crippen LogP contribution in [0.5, 0.6) is 0 Å². The molecule has 0 spiro atoms. The van der Waals surface area contributed by atoms with E-state index in [4.69, 9.17) is 0 Å². The molecule has 2 aromatic carbocycles. The van der Waals surface area contributed by atoms with Gasteiger partial charge in [0, 0.05) is 5.41 Å². The third kappa shape index (κ3) is 4.15. The summed E-state index contributed by atoms with van der Waals surface area (Å²) >= 11 is 0. The van der Waals surface area contributed by atoms with Crippen LogP contribution in [0.2, 0.25) is 0 Å². The average molecular weight is 365 g/mol. The van der Waals surface area contributed by atoms with Gasteiger partial charge in [-0.25, -0.2) is 0 Å². The van der Waals surface area contributed by atoms with Gasteiger partial charge in [0.05, 0.1) is 0 Å². The quantitative estimate of drug-likeness (QED) is 0.458. The highest BCUT2D eigenvalue weighted by molar-refractivity contribution is 5.54. The standard InChI is InChI=1S/C27H40/c1-9-19-15-21(11-3)25(22(12-4)16-19)27(7,8)26-23(13-5)17-20(10-2)18-24(26)14-6/h15-18H,9-14H2,1-8H3. The summed E-state index contributed by atoms with van der Waals surface area (Å²) in [7, 11) is 0. The average Bonchev–Trinajstić information content (AvgIpc) is 2.70. The second-order valence-corrected chi connectivity index (χ2v) is 8.32. The van der Waals surface area contributed by atoms with Crippen LogP contribution in [0.15, 0.2) is 24.3 Å². The van der Waals surface area contributed by atoms with E-state index in [-0.39, 0.29) is 5.41 Å². The molecule has 2 aromatic rings. The third-order valence-electron chi connectivity index (χ3n) is 6.31. The summed E-state index contributed by atoms with van der Waals surface area (Å²) in [4.78, 5) is 0. The lowest BCUT2D eigenvalue weighted by Crippen LogP contribution is -2.27. The zero-order valence-electron chi connectivity index (χ0n) is 19.1. The van der Waals surface area contributed by atoms with Gasteiger partial charge < -0.3 is 0 Å². The van der Waals surface area contributed by atoms with Gasteiger partial charge in [-0.2, -0.15) is 0 Å². The van der Waals surface area contributed by atoms with Crippen molar-refractivity contribution >= 4 is 0 Å². The first-order valence-electron chi connectivity index (χ1n) is 11.2. The highest BCUT2D eigenvalue weighted by Crippen LogP contribution is 2.41. The van der Waals surface area contributed by atoms with Crippen LogP contribution in [0, 0.1) is 0 Å². The summed E-state index contributed by atoms with van der Waals surface area (Å²) in [5.74, 6) is 0. The summed E-state index contributed by atoms with van der Waals surface area (Å²) < 4.78 is 0. The SMILES string of the molecule is CCc1cc(CC)c(C(C)(C)c2c(CC)cc(CC)cc2CC)c(CC)c1. The molecule has 148 valence electrons. The van der Waals surface area contributed by atoms with E-state index < -0.39 is 0 Å². The zero-order valence-corrected chi connectivity index (χ0v) is 19.1. The van der Waals surface area contributed by atoms with Crippen LogP contribution >= 0.6 is 0 Å². The molecule has 0 aliphatic heterocycles. The van der Waals surface area contributed by atoms with Gasteiger partial charge in [-0.1, -0.05) is 79.7 Å². The summed E-state index contributed by atoms with van der Waals surface area (Å²) in [5.41, 5.74) is 12.3. The second kappa shape index (κ2) is 9.09. The number of rotatable bonds is 8. The topological polar surface area (TPSA) is 0 Å². The number of benzene rings is 2. The molecule has 0 atom stereocenters. The molecule has 0 nitrogen and oxygen atoms in total. The van der Waals surface area contributed by atoms with E-state index in [1.54, 1.807) is 33.4 Å². The summed E-state index contributed by atoms with van der Waals surface area (Å²) in [6, 6.07) is 9.86. The Balaban J connectivity index is 2.83. The molecule has 0 aliphatic rings. The highest BCUT2D eigenvalue weighted by atomic mass is 14.4. The van der Waals surface area contributed by atoms with Crippen LogP contribution < -0.4 is 0 Å². The Bertz CT molecular complexity index is 661. The van der Waals surface area contributed by atoms with Crippen LogP contribution in [0.1, 0.15) is 99.9 Å². The number of hydrogen-bond donors (Lipinski definition) is 0. The minimum absolute atomic E-state index is 0.0336. The van der Waals surface area contributed by atoms with E-state index in [0.717, 1.165) is 38.5 Å². The van der Waals surface area contributed by atoms with E-state index >= 15 is 0 Å². The molecule has 0 bridgehead atoms. The Morgan fingerprint density at radius 3 is 0.926 bits per heavy atom. The number of hydrogen-bond acceptors (Lipinski definition) is 0. The Morgan fingerprint density at radius 1 is 0.481 bits per heavy atom. The van der Waals surface area contributed by atoms with Gasteiger partial charge in [0.25, 0.3) is 0 Å². The fraction of sp³-hybridized carbons (Fsp3) is 0.556. The van der Waals surface area contributed by atoms with Gasteiger partial charge >= 0.3 is 0 Å². The fourth-order valence-corrected chi connectivity index (χ4v) is 4.93.